The zero-order valence-electron chi connectivity index (χ0n) is 15.9. The van der Waals surface area contributed by atoms with Gasteiger partial charge < -0.3 is 4.90 Å². The van der Waals surface area contributed by atoms with Gasteiger partial charge in [-0.15, -0.1) is 0 Å². The Labute approximate surface area is 164 Å². The number of nitrogens with zero attached hydrogens (tertiary/aromatic N) is 1. The monoisotopic (exact) mass is 392 g/mol. The molecule has 0 spiro atoms. The molecule has 0 aromatic heterocycles. The third-order valence-corrected chi connectivity index (χ3v) is 6.32. The van der Waals surface area contributed by atoms with Gasteiger partial charge in [0.05, 0.1) is 16.3 Å². The summed E-state index contributed by atoms with van der Waals surface area (Å²) in [6.07, 6.45) is 0. The fourth-order valence-electron chi connectivity index (χ4n) is 3.57. The summed E-state index contributed by atoms with van der Waals surface area (Å²) in [4.78, 5) is 14.2. The van der Waals surface area contributed by atoms with E-state index >= 15 is 0 Å². The van der Waals surface area contributed by atoms with Crippen LogP contribution in [0.4, 0.5) is 11.4 Å². The van der Waals surface area contributed by atoms with Gasteiger partial charge in [0.1, 0.15) is 0 Å². The molecule has 0 fully saturated rings. The summed E-state index contributed by atoms with van der Waals surface area (Å²) < 4.78 is 28.8. The number of sulfonamides is 1. The van der Waals surface area contributed by atoms with Crippen LogP contribution in [-0.4, -0.2) is 21.4 Å². The number of anilines is 2. The molecule has 1 N–H and O–H groups in total. The van der Waals surface area contributed by atoms with Crippen molar-refractivity contribution in [2.75, 3.05) is 16.7 Å². The predicted octanol–water partition coefficient (Wildman–Crippen LogP) is 4.41. The van der Waals surface area contributed by atoms with Crippen molar-refractivity contribution in [3.63, 3.8) is 0 Å². The first-order valence-corrected chi connectivity index (χ1v) is 10.4. The number of rotatable bonds is 3. The lowest BCUT2D eigenvalue weighted by molar-refractivity contribution is -0.112. The van der Waals surface area contributed by atoms with E-state index in [0.29, 0.717) is 22.5 Å². The quantitative estimate of drug-likeness (QED) is 0.672. The number of hydrogen-bond acceptors (Lipinski definition) is 3. The molecule has 3 aromatic carbocycles. The first-order chi connectivity index (χ1) is 13.3. The van der Waals surface area contributed by atoms with E-state index in [2.05, 4.69) is 4.72 Å². The average molecular weight is 392 g/mol. The molecule has 5 nitrogen and oxygen atoms in total. The molecule has 28 heavy (non-hydrogen) atoms. The normalized spacial score (nSPS) is 13.8. The van der Waals surface area contributed by atoms with Gasteiger partial charge in [0.25, 0.3) is 15.9 Å². The molecule has 142 valence electrons. The van der Waals surface area contributed by atoms with E-state index in [-0.39, 0.29) is 10.8 Å². The van der Waals surface area contributed by atoms with Gasteiger partial charge in [-0.3, -0.25) is 9.52 Å². The van der Waals surface area contributed by atoms with Crippen LogP contribution in [0.1, 0.15) is 19.4 Å². The minimum absolute atomic E-state index is 0.119. The Kier molecular flexibility index (Phi) is 4.23. The largest absolute Gasteiger partial charge is 0.311 e. The maximum absolute atomic E-state index is 13.1. The van der Waals surface area contributed by atoms with Crippen LogP contribution in [0.5, 0.6) is 0 Å². The molecule has 0 bridgehead atoms. The number of carbonyl (C=O) groups excluding carboxylic acids is 1. The van der Waals surface area contributed by atoms with Crippen molar-refractivity contribution < 1.29 is 13.2 Å². The van der Waals surface area contributed by atoms with E-state index in [1.807, 2.05) is 50.2 Å². The highest BCUT2D eigenvalue weighted by Crippen LogP contribution is 2.39. The van der Waals surface area contributed by atoms with Crippen LogP contribution in [0.25, 0.3) is 16.3 Å². The van der Waals surface area contributed by atoms with Crippen LogP contribution in [0.2, 0.25) is 0 Å². The molecular formula is C22H20N2O3S. The van der Waals surface area contributed by atoms with Crippen molar-refractivity contribution in [1.29, 1.82) is 0 Å². The lowest BCUT2D eigenvalue weighted by Crippen LogP contribution is -2.20. The summed E-state index contributed by atoms with van der Waals surface area (Å²) in [5, 5.41) is 1.78. The second kappa shape index (κ2) is 6.49. The molecule has 4 rings (SSSR count). The molecule has 0 unspecified atom stereocenters. The number of nitrogens with one attached hydrogen (secondary N) is 1. The Morgan fingerprint density at radius 2 is 1.68 bits per heavy atom. The smallest absolute Gasteiger partial charge is 0.261 e. The minimum Gasteiger partial charge on any atom is -0.311 e. The third-order valence-electron chi connectivity index (χ3n) is 4.96. The first kappa shape index (κ1) is 18.3. The summed E-state index contributed by atoms with van der Waals surface area (Å²) in [6, 6.07) is 17.9. The van der Waals surface area contributed by atoms with E-state index in [9.17, 15) is 13.2 Å². The van der Waals surface area contributed by atoms with Crippen molar-refractivity contribution in [2.24, 2.45) is 0 Å². The Hall–Kier alpha value is -3.12. The van der Waals surface area contributed by atoms with Gasteiger partial charge in [-0.2, -0.15) is 0 Å². The number of fused-ring (bicyclic) bond motifs is 2. The molecular weight excluding hydrogens is 372 g/mol. The van der Waals surface area contributed by atoms with E-state index in [4.69, 9.17) is 0 Å². The highest BCUT2D eigenvalue weighted by atomic mass is 32.2. The number of allylic oxidation sites excluding steroid dienone is 1. The second-order valence-corrected chi connectivity index (χ2v) is 8.73. The van der Waals surface area contributed by atoms with Crippen LogP contribution in [-0.2, 0) is 14.8 Å². The van der Waals surface area contributed by atoms with Gasteiger partial charge in [-0.25, -0.2) is 8.42 Å². The topological polar surface area (TPSA) is 66.5 Å². The summed E-state index contributed by atoms with van der Waals surface area (Å²) in [7, 11) is -2.12. The maximum atomic E-state index is 13.1. The molecule has 0 radical (unpaired) electrons. The Bertz CT molecular complexity index is 1250. The van der Waals surface area contributed by atoms with Gasteiger partial charge in [0.2, 0.25) is 0 Å². The van der Waals surface area contributed by atoms with Crippen molar-refractivity contribution in [1.82, 2.24) is 0 Å². The summed E-state index contributed by atoms with van der Waals surface area (Å²) in [5.41, 5.74) is 3.29. The molecule has 1 aliphatic heterocycles. The van der Waals surface area contributed by atoms with Gasteiger partial charge in [-0.05, 0) is 43.5 Å². The van der Waals surface area contributed by atoms with Gasteiger partial charge in [0.15, 0.2) is 0 Å². The summed E-state index contributed by atoms with van der Waals surface area (Å²) in [5.74, 6) is -0.119. The number of amides is 1. The molecule has 6 heteroatoms. The third kappa shape index (κ3) is 2.86. The van der Waals surface area contributed by atoms with E-state index in [1.165, 1.54) is 6.07 Å². The van der Waals surface area contributed by atoms with Gasteiger partial charge in [0, 0.05) is 23.6 Å². The lowest BCUT2D eigenvalue weighted by Gasteiger charge is -2.13. The van der Waals surface area contributed by atoms with Crippen molar-refractivity contribution >= 4 is 43.7 Å². The SMILES string of the molecule is CC(C)=C1C(=O)N(C)c2ccc(S(=O)(=O)Nc3cccc4ccccc34)cc21. The molecule has 1 heterocycles. The van der Waals surface area contributed by atoms with Crippen LogP contribution in [0.15, 0.2) is 71.1 Å². The van der Waals surface area contributed by atoms with Crippen LogP contribution < -0.4 is 9.62 Å². The van der Waals surface area contributed by atoms with Crippen LogP contribution >= 0.6 is 0 Å². The number of benzene rings is 3. The minimum atomic E-state index is -3.81. The van der Waals surface area contributed by atoms with E-state index < -0.39 is 10.0 Å². The highest BCUT2D eigenvalue weighted by Gasteiger charge is 2.32. The Morgan fingerprint density at radius 3 is 2.43 bits per heavy atom. The molecule has 1 amide bonds. The fourth-order valence-corrected chi connectivity index (χ4v) is 4.67. The number of likely N-dealkylation sites (N-methyl/N-ethyl adjacent to an activating group) is 1. The average Bonchev–Trinajstić information content (AvgIpc) is 2.92. The molecule has 0 saturated heterocycles. The van der Waals surface area contributed by atoms with E-state index in [1.54, 1.807) is 30.1 Å². The zero-order valence-corrected chi connectivity index (χ0v) is 16.7. The van der Waals surface area contributed by atoms with Crippen molar-refractivity contribution in [3.05, 3.63) is 71.8 Å². The fraction of sp³-hybridized carbons (Fsp3) is 0.136. The van der Waals surface area contributed by atoms with Crippen LogP contribution in [0.3, 0.4) is 0 Å². The van der Waals surface area contributed by atoms with Gasteiger partial charge in [-0.1, -0.05) is 42.0 Å². The zero-order chi connectivity index (χ0) is 20.1. The lowest BCUT2D eigenvalue weighted by atomic mass is 10.0. The maximum Gasteiger partial charge on any atom is 0.261 e. The first-order valence-electron chi connectivity index (χ1n) is 8.90. The number of carbonyl (C=O) groups is 1. The summed E-state index contributed by atoms with van der Waals surface area (Å²) in [6.45, 7) is 3.71. The standard InChI is InChI=1S/C22H20N2O3S/c1-14(2)21-18-13-16(11-12-20(18)24(3)22(21)25)28(26,27)23-19-10-6-8-15-7-4-5-9-17(15)19/h4-13,23H,1-3H3. The van der Waals surface area contributed by atoms with E-state index in [0.717, 1.165) is 16.3 Å². The predicted molar refractivity (Wildman–Crippen MR) is 113 cm³/mol. The van der Waals surface area contributed by atoms with Crippen LogP contribution in [0, 0.1) is 0 Å². The molecule has 0 atom stereocenters. The van der Waals surface area contributed by atoms with Gasteiger partial charge >= 0.3 is 0 Å². The second-order valence-electron chi connectivity index (χ2n) is 7.05. The Morgan fingerprint density at radius 1 is 0.964 bits per heavy atom. The molecule has 0 aliphatic carbocycles. The molecule has 3 aromatic rings. The highest BCUT2D eigenvalue weighted by molar-refractivity contribution is 7.92. The molecule has 1 aliphatic rings. The Balaban J connectivity index is 1.80. The molecule has 0 saturated carbocycles. The summed E-state index contributed by atoms with van der Waals surface area (Å²) >= 11 is 0. The van der Waals surface area contributed by atoms with Crippen molar-refractivity contribution in [3.8, 4) is 0 Å². The number of hydrogen-bond donors (Lipinski definition) is 1. The van der Waals surface area contributed by atoms with Crippen molar-refractivity contribution in [2.45, 2.75) is 18.7 Å².